The van der Waals surface area contributed by atoms with Crippen molar-refractivity contribution in [3.63, 3.8) is 0 Å². The monoisotopic (exact) mass is 418 g/mol. The van der Waals surface area contributed by atoms with Crippen molar-refractivity contribution in [3.8, 4) is 11.5 Å². The van der Waals surface area contributed by atoms with Gasteiger partial charge in [0, 0.05) is 22.6 Å². The normalized spacial score (nSPS) is 11.1. The maximum absolute atomic E-state index is 12.6. The van der Waals surface area contributed by atoms with Gasteiger partial charge in [-0.05, 0) is 61.0 Å². The van der Waals surface area contributed by atoms with Crippen molar-refractivity contribution in [1.82, 2.24) is 4.98 Å². The third-order valence-electron chi connectivity index (χ3n) is 3.43. The van der Waals surface area contributed by atoms with Gasteiger partial charge in [-0.15, -0.1) is 0 Å². The second kappa shape index (κ2) is 7.25. The molecule has 5 nitrogen and oxygen atoms in total. The molecule has 2 aromatic carbocycles. The van der Waals surface area contributed by atoms with E-state index in [1.807, 2.05) is 0 Å². The Kier molecular flexibility index (Phi) is 5.06. The van der Waals surface area contributed by atoms with E-state index in [0.717, 1.165) is 0 Å². The standard InChI is InChI=1S/C18H15BrN2O3S/c1-13-2-3-14(19)12-18(13)25(22,23)21-15-4-6-16(7-5-15)24-17-8-10-20-11-9-17/h2-12,21H,1H3. The van der Waals surface area contributed by atoms with Crippen molar-refractivity contribution in [1.29, 1.82) is 0 Å². The molecule has 25 heavy (non-hydrogen) atoms. The van der Waals surface area contributed by atoms with Crippen LogP contribution in [0.1, 0.15) is 5.56 Å². The van der Waals surface area contributed by atoms with Crippen LogP contribution in [0.5, 0.6) is 11.5 Å². The summed E-state index contributed by atoms with van der Waals surface area (Å²) in [5.74, 6) is 1.26. The number of pyridine rings is 1. The molecular weight excluding hydrogens is 404 g/mol. The minimum Gasteiger partial charge on any atom is -0.457 e. The third kappa shape index (κ3) is 4.37. The Morgan fingerprint density at radius 2 is 1.60 bits per heavy atom. The number of aromatic nitrogens is 1. The van der Waals surface area contributed by atoms with E-state index in [-0.39, 0.29) is 4.90 Å². The van der Waals surface area contributed by atoms with E-state index in [2.05, 4.69) is 25.6 Å². The molecule has 0 fully saturated rings. The number of nitrogens with zero attached hydrogens (tertiary/aromatic N) is 1. The van der Waals surface area contributed by atoms with Crippen molar-refractivity contribution >= 4 is 31.6 Å². The lowest BCUT2D eigenvalue weighted by Gasteiger charge is -2.11. The summed E-state index contributed by atoms with van der Waals surface area (Å²) in [6.07, 6.45) is 3.27. The average molecular weight is 419 g/mol. The van der Waals surface area contributed by atoms with Crippen molar-refractivity contribution in [2.45, 2.75) is 11.8 Å². The fourth-order valence-electron chi connectivity index (χ4n) is 2.21. The molecule has 1 heterocycles. The van der Waals surface area contributed by atoms with Gasteiger partial charge in [0.1, 0.15) is 11.5 Å². The van der Waals surface area contributed by atoms with Crippen LogP contribution in [0.3, 0.4) is 0 Å². The Balaban J connectivity index is 1.78. The number of rotatable bonds is 5. The molecule has 0 bridgehead atoms. The predicted molar refractivity (Wildman–Crippen MR) is 100 cm³/mol. The number of hydrogen-bond donors (Lipinski definition) is 1. The van der Waals surface area contributed by atoms with Gasteiger partial charge in [-0.25, -0.2) is 8.42 Å². The van der Waals surface area contributed by atoms with E-state index in [0.29, 0.717) is 27.2 Å². The van der Waals surface area contributed by atoms with Crippen LogP contribution in [0.4, 0.5) is 5.69 Å². The van der Waals surface area contributed by atoms with Gasteiger partial charge >= 0.3 is 0 Å². The molecule has 0 saturated carbocycles. The van der Waals surface area contributed by atoms with Crippen LogP contribution in [0.25, 0.3) is 0 Å². The maximum atomic E-state index is 12.6. The van der Waals surface area contributed by atoms with Crippen molar-refractivity contribution in [2.24, 2.45) is 0 Å². The summed E-state index contributed by atoms with van der Waals surface area (Å²) in [6, 6.07) is 15.3. The first-order chi connectivity index (χ1) is 11.9. The molecule has 0 radical (unpaired) electrons. The first kappa shape index (κ1) is 17.4. The summed E-state index contributed by atoms with van der Waals surface area (Å²) in [6.45, 7) is 1.76. The highest BCUT2D eigenvalue weighted by Gasteiger charge is 2.17. The van der Waals surface area contributed by atoms with Gasteiger partial charge in [-0.3, -0.25) is 9.71 Å². The first-order valence-corrected chi connectivity index (χ1v) is 9.68. The Morgan fingerprint density at radius 3 is 2.28 bits per heavy atom. The molecular formula is C18H15BrN2O3S. The Labute approximate surface area is 154 Å². The number of nitrogens with one attached hydrogen (secondary N) is 1. The number of sulfonamides is 1. The van der Waals surface area contributed by atoms with Crippen LogP contribution in [-0.2, 0) is 10.0 Å². The number of hydrogen-bond acceptors (Lipinski definition) is 4. The first-order valence-electron chi connectivity index (χ1n) is 7.41. The van der Waals surface area contributed by atoms with E-state index < -0.39 is 10.0 Å². The summed E-state index contributed by atoms with van der Waals surface area (Å²) in [4.78, 5) is 4.16. The molecule has 3 aromatic rings. The van der Waals surface area contributed by atoms with E-state index in [4.69, 9.17) is 4.74 Å². The van der Waals surface area contributed by atoms with Crippen molar-refractivity contribution in [3.05, 3.63) is 77.0 Å². The molecule has 1 aromatic heterocycles. The second-order valence-electron chi connectivity index (χ2n) is 5.32. The van der Waals surface area contributed by atoms with Crippen LogP contribution in [0.15, 0.2) is 76.4 Å². The summed E-state index contributed by atoms with van der Waals surface area (Å²) >= 11 is 3.30. The number of benzene rings is 2. The van der Waals surface area contributed by atoms with E-state index in [9.17, 15) is 8.42 Å². The third-order valence-corrected chi connectivity index (χ3v) is 5.45. The van der Waals surface area contributed by atoms with Crippen LogP contribution in [0.2, 0.25) is 0 Å². The largest absolute Gasteiger partial charge is 0.457 e. The quantitative estimate of drug-likeness (QED) is 0.649. The minimum absolute atomic E-state index is 0.235. The molecule has 1 N–H and O–H groups in total. The molecule has 3 rings (SSSR count). The van der Waals surface area contributed by atoms with Gasteiger partial charge in [-0.2, -0.15) is 0 Å². The molecule has 128 valence electrons. The zero-order valence-electron chi connectivity index (χ0n) is 13.3. The number of ether oxygens (including phenoxy) is 1. The van der Waals surface area contributed by atoms with Gasteiger partial charge in [-0.1, -0.05) is 22.0 Å². The summed E-state index contributed by atoms with van der Waals surface area (Å²) < 4.78 is 34.1. The molecule has 0 aliphatic carbocycles. The minimum atomic E-state index is -3.67. The number of anilines is 1. The van der Waals surface area contributed by atoms with Gasteiger partial charge in [0.25, 0.3) is 10.0 Å². The van der Waals surface area contributed by atoms with Gasteiger partial charge in [0.15, 0.2) is 0 Å². The smallest absolute Gasteiger partial charge is 0.262 e. The summed E-state index contributed by atoms with van der Waals surface area (Å²) in [5, 5.41) is 0. The second-order valence-corrected chi connectivity index (χ2v) is 7.89. The lowest BCUT2D eigenvalue weighted by Crippen LogP contribution is -2.14. The van der Waals surface area contributed by atoms with Crippen molar-refractivity contribution < 1.29 is 13.2 Å². The van der Waals surface area contributed by atoms with Gasteiger partial charge in [0.2, 0.25) is 0 Å². The maximum Gasteiger partial charge on any atom is 0.262 e. The topological polar surface area (TPSA) is 68.3 Å². The van der Waals surface area contributed by atoms with E-state index >= 15 is 0 Å². The van der Waals surface area contributed by atoms with E-state index in [1.54, 1.807) is 73.9 Å². The van der Waals surface area contributed by atoms with Gasteiger partial charge in [0.05, 0.1) is 4.90 Å². The van der Waals surface area contributed by atoms with Crippen LogP contribution in [0, 0.1) is 6.92 Å². The zero-order valence-corrected chi connectivity index (χ0v) is 15.7. The summed E-state index contributed by atoms with van der Waals surface area (Å²) in [5.41, 5.74) is 1.13. The SMILES string of the molecule is Cc1ccc(Br)cc1S(=O)(=O)Nc1ccc(Oc2ccncc2)cc1. The average Bonchev–Trinajstić information content (AvgIpc) is 2.59. The van der Waals surface area contributed by atoms with Gasteiger partial charge < -0.3 is 4.74 Å². The van der Waals surface area contributed by atoms with Crippen LogP contribution < -0.4 is 9.46 Å². The lowest BCUT2D eigenvalue weighted by atomic mass is 10.2. The van der Waals surface area contributed by atoms with E-state index in [1.165, 1.54) is 0 Å². The number of aryl methyl sites for hydroxylation is 1. The Hall–Kier alpha value is -2.38. The molecule has 0 aliphatic heterocycles. The fraction of sp³-hybridized carbons (Fsp3) is 0.0556. The lowest BCUT2D eigenvalue weighted by molar-refractivity contribution is 0.482. The highest BCUT2D eigenvalue weighted by Crippen LogP contribution is 2.25. The molecule has 0 atom stereocenters. The Bertz CT molecular complexity index is 975. The fourth-order valence-corrected chi connectivity index (χ4v) is 4.05. The van der Waals surface area contributed by atoms with Crippen molar-refractivity contribution in [2.75, 3.05) is 4.72 Å². The molecule has 0 unspecified atom stereocenters. The van der Waals surface area contributed by atoms with Crippen LogP contribution in [-0.4, -0.2) is 13.4 Å². The molecule has 7 heteroatoms. The highest BCUT2D eigenvalue weighted by molar-refractivity contribution is 9.10. The zero-order chi connectivity index (χ0) is 17.9. The molecule has 0 aliphatic rings. The highest BCUT2D eigenvalue weighted by atomic mass is 79.9. The summed E-state index contributed by atoms with van der Waals surface area (Å²) in [7, 11) is -3.67. The Morgan fingerprint density at radius 1 is 0.960 bits per heavy atom. The molecule has 0 amide bonds. The molecule has 0 spiro atoms. The molecule has 0 saturated heterocycles. The predicted octanol–water partition coefficient (Wildman–Crippen LogP) is 4.75. The number of halogens is 1. The van der Waals surface area contributed by atoms with Crippen LogP contribution >= 0.6 is 15.9 Å².